The highest BCUT2D eigenvalue weighted by Gasteiger charge is 2.03. The van der Waals surface area contributed by atoms with Gasteiger partial charge >= 0.3 is 0 Å². The molecular weight excluding hydrogens is 124 g/mol. The molecule has 0 spiro atoms. The van der Waals surface area contributed by atoms with Gasteiger partial charge in [-0.15, -0.1) is 0 Å². The normalized spacial score (nSPS) is 12.0. The van der Waals surface area contributed by atoms with E-state index in [-0.39, 0.29) is 0 Å². The first kappa shape index (κ1) is 4.39. The van der Waals surface area contributed by atoms with Crippen molar-refractivity contribution in [3.63, 3.8) is 0 Å². The lowest BCUT2D eigenvalue weighted by molar-refractivity contribution is 1.34. The van der Waals surface area contributed by atoms with Crippen molar-refractivity contribution in [2.75, 3.05) is 0 Å². The van der Waals surface area contributed by atoms with Gasteiger partial charge in [0.15, 0.2) is 0 Å². The van der Waals surface area contributed by atoms with Crippen LogP contribution in [0.4, 0.5) is 0 Å². The van der Waals surface area contributed by atoms with E-state index in [9.17, 15) is 0 Å². The zero-order valence-electron chi connectivity index (χ0n) is 5.20. The second kappa shape index (κ2) is 1.19. The van der Waals surface area contributed by atoms with Gasteiger partial charge in [-0.05, 0) is 12.1 Å². The zero-order valence-corrected chi connectivity index (χ0v) is 5.20. The largest absolute Gasteiger partial charge is 0.252 e. The Hall–Kier alpha value is -1.44. The summed E-state index contributed by atoms with van der Waals surface area (Å²) in [6.07, 6.45) is 1.82. The number of fused-ring (bicyclic) bond motifs is 2. The topological polar surface area (TPSA) is 25.8 Å². The number of nitrogens with zero attached hydrogens (tertiary/aromatic N) is 2. The highest BCUT2D eigenvalue weighted by Crippen LogP contribution is 2.21. The van der Waals surface area contributed by atoms with Gasteiger partial charge in [-0.3, -0.25) is 4.98 Å². The van der Waals surface area contributed by atoms with Crippen LogP contribution in [0, 0.1) is 0 Å². The molecule has 5 aromatic rings. The number of rotatable bonds is 0. The SMILES string of the molecule is c1cc2nc3cnc2cc13. The fraction of sp³-hybridized carbons (Fsp3) is 0. The molecule has 0 aliphatic carbocycles. The summed E-state index contributed by atoms with van der Waals surface area (Å²) in [6.45, 7) is 0. The Kier molecular flexibility index (Phi) is 0.520. The van der Waals surface area contributed by atoms with Crippen LogP contribution in [-0.4, -0.2) is 9.97 Å². The van der Waals surface area contributed by atoms with Gasteiger partial charge in [-0.25, -0.2) is 4.98 Å². The van der Waals surface area contributed by atoms with Gasteiger partial charge in [-0.2, -0.15) is 0 Å². The van der Waals surface area contributed by atoms with E-state index in [0.717, 1.165) is 16.6 Å². The Morgan fingerprint density at radius 3 is 2.50 bits per heavy atom. The second-order valence-corrected chi connectivity index (χ2v) is 2.46. The summed E-state index contributed by atoms with van der Waals surface area (Å²) in [6, 6.07) is 6.15. The number of hydrogen-bond donors (Lipinski definition) is 0. The molecule has 0 N–H and O–H groups in total. The molecule has 0 amide bonds. The van der Waals surface area contributed by atoms with E-state index in [2.05, 4.69) is 22.1 Å². The van der Waals surface area contributed by atoms with Gasteiger partial charge in [0, 0.05) is 5.39 Å². The maximum atomic E-state index is 4.31. The summed E-state index contributed by atoms with van der Waals surface area (Å²) in [4.78, 5) is 8.49. The minimum atomic E-state index is 1.01. The lowest BCUT2D eigenvalue weighted by Crippen LogP contribution is -1.89. The molecule has 4 heterocycles. The Balaban J connectivity index is 2.91. The molecule has 46 valence electrons. The van der Waals surface area contributed by atoms with Crippen molar-refractivity contribution >= 4 is 21.9 Å². The van der Waals surface area contributed by atoms with Crippen molar-refractivity contribution in [2.24, 2.45) is 0 Å². The lowest BCUT2D eigenvalue weighted by atomic mass is 10.1. The molecule has 0 unspecified atom stereocenters. The van der Waals surface area contributed by atoms with Crippen molar-refractivity contribution in [1.29, 1.82) is 0 Å². The van der Waals surface area contributed by atoms with E-state index in [0.29, 0.717) is 0 Å². The highest BCUT2D eigenvalue weighted by atomic mass is 14.8. The lowest BCUT2D eigenvalue weighted by Gasteiger charge is -2.03. The first-order valence-corrected chi connectivity index (χ1v) is 3.21. The number of aromatic nitrogens is 2. The highest BCUT2D eigenvalue weighted by molar-refractivity contribution is 5.94. The molecule has 0 atom stereocenters. The van der Waals surface area contributed by atoms with Crippen LogP contribution in [0.15, 0.2) is 24.4 Å². The summed E-state index contributed by atoms with van der Waals surface area (Å²) in [5.41, 5.74) is 3.02. The van der Waals surface area contributed by atoms with Crippen LogP contribution in [-0.2, 0) is 0 Å². The Morgan fingerprint density at radius 1 is 1.00 bits per heavy atom. The van der Waals surface area contributed by atoms with Gasteiger partial charge in [-0.1, -0.05) is 6.07 Å². The van der Waals surface area contributed by atoms with E-state index in [1.807, 2.05) is 12.3 Å². The fourth-order valence-corrected chi connectivity index (χ4v) is 1.31. The van der Waals surface area contributed by atoms with Crippen molar-refractivity contribution in [2.45, 2.75) is 0 Å². The Labute approximate surface area is 57.2 Å². The van der Waals surface area contributed by atoms with Gasteiger partial charge in [0.2, 0.25) is 0 Å². The predicted molar refractivity (Wildman–Crippen MR) is 39.4 cm³/mol. The number of hydrogen-bond acceptors (Lipinski definition) is 2. The molecule has 1 aromatic carbocycles. The van der Waals surface area contributed by atoms with Gasteiger partial charge < -0.3 is 0 Å². The van der Waals surface area contributed by atoms with Crippen LogP contribution in [0.5, 0.6) is 0 Å². The third kappa shape index (κ3) is 0.336. The van der Waals surface area contributed by atoms with Crippen molar-refractivity contribution in [3.05, 3.63) is 24.4 Å². The standard InChI is InChI=1S/C8H4N2/c1-2-6-7-3-5(1)8(10-6)4-9-7/h1-4H. The molecule has 0 fully saturated rings. The molecule has 2 heteroatoms. The van der Waals surface area contributed by atoms with E-state index in [1.54, 1.807) is 0 Å². The van der Waals surface area contributed by atoms with E-state index < -0.39 is 0 Å². The summed E-state index contributed by atoms with van der Waals surface area (Å²) in [7, 11) is 0. The van der Waals surface area contributed by atoms with Crippen LogP contribution in [0.1, 0.15) is 0 Å². The van der Waals surface area contributed by atoms with E-state index in [4.69, 9.17) is 0 Å². The van der Waals surface area contributed by atoms with Crippen LogP contribution >= 0.6 is 0 Å². The average molecular weight is 128 g/mol. The number of benzene rings is 1. The van der Waals surface area contributed by atoms with Crippen LogP contribution in [0.25, 0.3) is 21.9 Å². The Bertz CT molecular complexity index is 376. The second-order valence-electron chi connectivity index (χ2n) is 2.46. The quantitative estimate of drug-likeness (QED) is 0.460. The molecule has 5 rings (SSSR count). The summed E-state index contributed by atoms with van der Waals surface area (Å²) >= 11 is 0. The maximum Gasteiger partial charge on any atom is 0.0894 e. The monoisotopic (exact) mass is 128 g/mol. The zero-order chi connectivity index (χ0) is 6.55. The first-order chi connectivity index (χ1) is 4.93. The molecule has 0 aliphatic rings. The minimum Gasteiger partial charge on any atom is -0.252 e. The molecule has 0 radical (unpaired) electrons. The summed E-state index contributed by atoms with van der Waals surface area (Å²) in [5, 5.41) is 1.19. The van der Waals surface area contributed by atoms with Crippen molar-refractivity contribution in [1.82, 2.24) is 9.97 Å². The third-order valence-electron chi connectivity index (χ3n) is 1.84. The molecule has 0 saturated heterocycles. The maximum absolute atomic E-state index is 4.31. The minimum absolute atomic E-state index is 1.01. The smallest absolute Gasteiger partial charge is 0.0894 e. The Morgan fingerprint density at radius 2 is 2.00 bits per heavy atom. The summed E-state index contributed by atoms with van der Waals surface area (Å²) < 4.78 is 0. The van der Waals surface area contributed by atoms with Gasteiger partial charge in [0.1, 0.15) is 0 Å². The van der Waals surface area contributed by atoms with Crippen molar-refractivity contribution < 1.29 is 0 Å². The number of pyridine rings is 3. The van der Waals surface area contributed by atoms with Crippen LogP contribution in [0.2, 0.25) is 0 Å². The molecule has 0 saturated carbocycles. The molecule has 4 bridgehead atoms. The fourth-order valence-electron chi connectivity index (χ4n) is 1.31. The molecule has 0 aliphatic heterocycles. The first-order valence-electron chi connectivity index (χ1n) is 3.21. The van der Waals surface area contributed by atoms with Crippen molar-refractivity contribution in [3.8, 4) is 0 Å². The predicted octanol–water partition coefficient (Wildman–Crippen LogP) is 1.66. The van der Waals surface area contributed by atoms with Gasteiger partial charge in [0.25, 0.3) is 0 Å². The summed E-state index contributed by atoms with van der Waals surface area (Å²) in [5.74, 6) is 0. The van der Waals surface area contributed by atoms with Crippen LogP contribution < -0.4 is 0 Å². The van der Waals surface area contributed by atoms with Crippen LogP contribution in [0.3, 0.4) is 0 Å². The van der Waals surface area contributed by atoms with E-state index in [1.165, 1.54) is 5.39 Å². The third-order valence-corrected chi connectivity index (χ3v) is 1.84. The van der Waals surface area contributed by atoms with E-state index >= 15 is 0 Å². The average Bonchev–Trinajstić information content (AvgIpc) is 2.05. The molecule has 4 aromatic heterocycles. The molecular formula is C8H4N2. The molecule has 10 heavy (non-hydrogen) atoms. The van der Waals surface area contributed by atoms with Gasteiger partial charge in [0.05, 0.1) is 22.7 Å². The molecule has 2 nitrogen and oxygen atoms in total.